The van der Waals surface area contributed by atoms with Crippen molar-refractivity contribution in [1.82, 2.24) is 5.32 Å². The van der Waals surface area contributed by atoms with Crippen LogP contribution >= 0.6 is 0 Å². The van der Waals surface area contributed by atoms with Crippen LogP contribution in [-0.2, 0) is 14.4 Å². The fourth-order valence-corrected chi connectivity index (χ4v) is 3.56. The van der Waals surface area contributed by atoms with Crippen LogP contribution in [0.5, 0.6) is 17.2 Å². The molecule has 0 atom stereocenters. The summed E-state index contributed by atoms with van der Waals surface area (Å²) in [6.07, 6.45) is 1.28. The summed E-state index contributed by atoms with van der Waals surface area (Å²) in [5, 5.41) is 4.80. The van der Waals surface area contributed by atoms with Gasteiger partial charge in [-0.25, -0.2) is 14.1 Å². The highest BCUT2D eigenvalue weighted by molar-refractivity contribution is 6.39. The topological polar surface area (TPSA) is 123 Å². The van der Waals surface area contributed by atoms with Gasteiger partial charge in [0.2, 0.25) is 0 Å². The third-order valence-corrected chi connectivity index (χ3v) is 5.42. The number of methoxy groups -OCH3 is 2. The van der Waals surface area contributed by atoms with E-state index in [1.54, 1.807) is 37.4 Å². The fraction of sp³-hybridized carbons (Fsp3) is 0.111. The van der Waals surface area contributed by atoms with Crippen LogP contribution in [0.4, 0.5) is 20.6 Å². The molecule has 4 rings (SSSR count). The Kier molecular flexibility index (Phi) is 7.66. The largest absolute Gasteiger partial charge is 0.497 e. The van der Waals surface area contributed by atoms with Gasteiger partial charge in [-0.3, -0.25) is 19.7 Å². The monoisotopic (exact) mass is 519 g/mol. The molecule has 38 heavy (non-hydrogen) atoms. The Morgan fingerprint density at radius 3 is 2.32 bits per heavy atom. The second kappa shape index (κ2) is 11.2. The lowest BCUT2D eigenvalue weighted by Gasteiger charge is -2.26. The molecule has 1 aliphatic rings. The molecule has 0 spiro atoms. The summed E-state index contributed by atoms with van der Waals surface area (Å²) < 4.78 is 29.3. The van der Waals surface area contributed by atoms with Gasteiger partial charge < -0.3 is 19.5 Å². The molecule has 11 heteroatoms. The molecule has 0 radical (unpaired) electrons. The maximum absolute atomic E-state index is 13.3. The minimum absolute atomic E-state index is 0.0987. The van der Waals surface area contributed by atoms with E-state index in [0.717, 1.165) is 17.0 Å². The molecule has 0 aliphatic carbocycles. The standard InChI is InChI=1S/C27H22FN3O7/c1-36-20-10-6-18(7-11-20)29-24(32)15-38-22-12-3-16(14-23(22)37-2)13-21-25(33)30-27(35)31(26(21)34)19-8-4-17(28)5-9-19/h3-14H,15H2,1-2H3,(H,29,32)(H,30,33,35)/b21-13+. The number of carbonyl (C=O) groups is 4. The van der Waals surface area contributed by atoms with Gasteiger partial charge in [-0.1, -0.05) is 6.07 Å². The van der Waals surface area contributed by atoms with Crippen molar-refractivity contribution < 1.29 is 37.8 Å². The molecule has 2 N–H and O–H groups in total. The van der Waals surface area contributed by atoms with Crippen molar-refractivity contribution in [2.24, 2.45) is 0 Å². The second-order valence-electron chi connectivity index (χ2n) is 7.91. The van der Waals surface area contributed by atoms with Crippen LogP contribution in [0.25, 0.3) is 6.08 Å². The van der Waals surface area contributed by atoms with Gasteiger partial charge in [0.15, 0.2) is 18.1 Å². The Morgan fingerprint density at radius 2 is 1.66 bits per heavy atom. The zero-order valence-corrected chi connectivity index (χ0v) is 20.3. The summed E-state index contributed by atoms with van der Waals surface area (Å²) >= 11 is 0. The average molecular weight is 519 g/mol. The maximum atomic E-state index is 13.3. The molecule has 0 saturated carbocycles. The summed E-state index contributed by atoms with van der Waals surface area (Å²) in [6.45, 7) is -0.307. The summed E-state index contributed by atoms with van der Waals surface area (Å²) in [4.78, 5) is 50.7. The molecule has 194 valence electrons. The van der Waals surface area contributed by atoms with Gasteiger partial charge in [0.05, 0.1) is 19.9 Å². The van der Waals surface area contributed by atoms with E-state index in [-0.39, 0.29) is 29.4 Å². The SMILES string of the molecule is COc1ccc(NC(=O)COc2ccc(/C=C3\C(=O)NC(=O)N(c4ccc(F)cc4)C3=O)cc2OC)cc1. The first-order valence-electron chi connectivity index (χ1n) is 11.2. The minimum atomic E-state index is -0.946. The minimum Gasteiger partial charge on any atom is -0.497 e. The molecule has 5 amide bonds. The third kappa shape index (κ3) is 5.78. The van der Waals surface area contributed by atoms with Crippen molar-refractivity contribution in [2.75, 3.05) is 31.0 Å². The highest BCUT2D eigenvalue weighted by Crippen LogP contribution is 2.30. The molecule has 10 nitrogen and oxygen atoms in total. The Bertz CT molecular complexity index is 1420. The van der Waals surface area contributed by atoms with Crippen LogP contribution in [0.15, 0.2) is 72.3 Å². The number of anilines is 2. The first-order chi connectivity index (χ1) is 18.3. The van der Waals surface area contributed by atoms with E-state index in [9.17, 15) is 23.6 Å². The summed E-state index contributed by atoms with van der Waals surface area (Å²) in [5.74, 6) is -1.56. The van der Waals surface area contributed by atoms with Gasteiger partial charge in [-0.05, 0) is 72.3 Å². The van der Waals surface area contributed by atoms with E-state index in [0.29, 0.717) is 17.0 Å². The van der Waals surface area contributed by atoms with Crippen LogP contribution in [0, 0.1) is 5.82 Å². The number of imide groups is 2. The zero-order valence-electron chi connectivity index (χ0n) is 20.3. The molecule has 3 aromatic rings. The predicted octanol–water partition coefficient (Wildman–Crippen LogP) is 3.53. The Labute approximate surface area is 216 Å². The van der Waals surface area contributed by atoms with Gasteiger partial charge in [0, 0.05) is 5.69 Å². The molecule has 0 unspecified atom stereocenters. The normalized spacial score (nSPS) is 14.2. The van der Waals surface area contributed by atoms with E-state index in [1.807, 2.05) is 0 Å². The lowest BCUT2D eigenvalue weighted by atomic mass is 10.1. The van der Waals surface area contributed by atoms with Gasteiger partial charge in [-0.2, -0.15) is 0 Å². The van der Waals surface area contributed by atoms with E-state index < -0.39 is 29.6 Å². The van der Waals surface area contributed by atoms with Crippen LogP contribution in [-0.4, -0.2) is 44.6 Å². The van der Waals surface area contributed by atoms with Gasteiger partial charge in [-0.15, -0.1) is 0 Å². The molecule has 1 fully saturated rings. The first kappa shape index (κ1) is 25.9. The number of benzene rings is 3. The lowest BCUT2D eigenvalue weighted by Crippen LogP contribution is -2.54. The number of rotatable bonds is 8. The van der Waals surface area contributed by atoms with E-state index >= 15 is 0 Å². The van der Waals surface area contributed by atoms with Gasteiger partial charge in [0.25, 0.3) is 17.7 Å². The van der Waals surface area contributed by atoms with Crippen LogP contribution < -0.4 is 29.7 Å². The molecule has 0 bridgehead atoms. The number of urea groups is 1. The highest BCUT2D eigenvalue weighted by atomic mass is 19.1. The van der Waals surface area contributed by atoms with Crippen LogP contribution in [0.2, 0.25) is 0 Å². The number of nitrogens with one attached hydrogen (secondary N) is 2. The fourth-order valence-electron chi connectivity index (χ4n) is 3.56. The smallest absolute Gasteiger partial charge is 0.335 e. The van der Waals surface area contributed by atoms with Gasteiger partial charge in [0.1, 0.15) is 17.1 Å². The first-order valence-corrected chi connectivity index (χ1v) is 11.2. The number of halogens is 1. The van der Waals surface area contributed by atoms with Crippen molar-refractivity contribution >= 4 is 41.2 Å². The quantitative estimate of drug-likeness (QED) is 0.345. The lowest BCUT2D eigenvalue weighted by molar-refractivity contribution is -0.122. The predicted molar refractivity (Wildman–Crippen MR) is 136 cm³/mol. The number of hydrogen-bond donors (Lipinski definition) is 2. The van der Waals surface area contributed by atoms with E-state index in [2.05, 4.69) is 10.6 Å². The number of ether oxygens (including phenoxy) is 3. The molecular weight excluding hydrogens is 497 g/mol. The number of hydrogen-bond acceptors (Lipinski definition) is 7. The van der Waals surface area contributed by atoms with E-state index in [4.69, 9.17) is 14.2 Å². The summed E-state index contributed by atoms with van der Waals surface area (Å²) in [7, 11) is 2.94. The van der Waals surface area contributed by atoms with Crippen molar-refractivity contribution in [3.63, 3.8) is 0 Å². The van der Waals surface area contributed by atoms with Crippen LogP contribution in [0.1, 0.15) is 5.56 Å². The van der Waals surface area contributed by atoms with Crippen LogP contribution in [0.3, 0.4) is 0 Å². The molecule has 1 heterocycles. The van der Waals surface area contributed by atoms with E-state index in [1.165, 1.54) is 37.5 Å². The van der Waals surface area contributed by atoms with Gasteiger partial charge >= 0.3 is 6.03 Å². The van der Waals surface area contributed by atoms with Crippen molar-refractivity contribution in [2.45, 2.75) is 0 Å². The number of carbonyl (C=O) groups excluding carboxylic acids is 4. The average Bonchev–Trinajstić information content (AvgIpc) is 2.91. The zero-order chi connectivity index (χ0) is 27.2. The Morgan fingerprint density at radius 1 is 0.947 bits per heavy atom. The Balaban J connectivity index is 1.48. The third-order valence-electron chi connectivity index (χ3n) is 5.42. The molecule has 1 saturated heterocycles. The molecule has 3 aromatic carbocycles. The summed E-state index contributed by atoms with van der Waals surface area (Å²) in [6, 6.07) is 15.1. The molecule has 0 aromatic heterocycles. The number of amides is 5. The number of nitrogens with zero attached hydrogens (tertiary/aromatic N) is 1. The highest BCUT2D eigenvalue weighted by Gasteiger charge is 2.36. The maximum Gasteiger partial charge on any atom is 0.335 e. The number of barbiturate groups is 1. The second-order valence-corrected chi connectivity index (χ2v) is 7.91. The molecule has 1 aliphatic heterocycles. The summed E-state index contributed by atoms with van der Waals surface area (Å²) in [5.41, 5.74) is 0.741. The molecular formula is C27H22FN3O7. The van der Waals surface area contributed by atoms with Crippen molar-refractivity contribution in [3.05, 3.63) is 83.7 Å². The van der Waals surface area contributed by atoms with Crippen molar-refractivity contribution in [1.29, 1.82) is 0 Å². The van der Waals surface area contributed by atoms with Crippen molar-refractivity contribution in [3.8, 4) is 17.2 Å². The Hall–Kier alpha value is -5.19.